The predicted octanol–water partition coefficient (Wildman–Crippen LogP) is 4.53. The van der Waals surface area contributed by atoms with Crippen molar-refractivity contribution in [1.82, 2.24) is 14.2 Å². The molecule has 0 aliphatic carbocycles. The van der Waals surface area contributed by atoms with Crippen LogP contribution in [-0.4, -0.2) is 20.4 Å². The number of aryl methyl sites for hydroxylation is 1. The van der Waals surface area contributed by atoms with Gasteiger partial charge in [0, 0.05) is 22.8 Å². The molecule has 0 aliphatic heterocycles. The maximum Gasteiger partial charge on any atom is 0.282 e. The maximum atomic E-state index is 13.2. The number of nitrogens with zero attached hydrogens (tertiary/aromatic N) is 4. The molecular formula is C21H16BrFN4O. The minimum absolute atomic E-state index is 0.223. The van der Waals surface area contributed by atoms with E-state index in [1.54, 1.807) is 24.4 Å². The lowest BCUT2D eigenvalue weighted by atomic mass is 10.2. The van der Waals surface area contributed by atoms with Crippen LogP contribution in [0, 0.1) is 5.82 Å². The molecule has 2 heterocycles. The van der Waals surface area contributed by atoms with E-state index in [4.69, 9.17) is 0 Å². The van der Waals surface area contributed by atoms with Crippen LogP contribution in [0.5, 0.6) is 0 Å². The zero-order chi connectivity index (χ0) is 19.7. The van der Waals surface area contributed by atoms with E-state index in [1.165, 1.54) is 16.8 Å². The first-order valence-electron chi connectivity index (χ1n) is 8.75. The lowest BCUT2D eigenvalue weighted by Gasteiger charge is -2.09. The molecule has 2 aromatic heterocycles. The summed E-state index contributed by atoms with van der Waals surface area (Å²) in [4.78, 5) is 17.5. The Bertz CT molecular complexity index is 1240. The molecule has 0 unspecified atom stereocenters. The van der Waals surface area contributed by atoms with Crippen molar-refractivity contribution in [3.05, 3.63) is 93.0 Å². The van der Waals surface area contributed by atoms with Gasteiger partial charge in [0.05, 0.1) is 22.8 Å². The van der Waals surface area contributed by atoms with Gasteiger partial charge in [0.1, 0.15) is 11.6 Å². The summed E-state index contributed by atoms with van der Waals surface area (Å²) in [6.45, 7) is 1.93. The van der Waals surface area contributed by atoms with Crippen molar-refractivity contribution in [3.8, 4) is 5.69 Å². The zero-order valence-electron chi connectivity index (χ0n) is 15.0. The lowest BCUT2D eigenvalue weighted by molar-refractivity contribution is 0.627. The molecular weight excluding hydrogens is 423 g/mol. The average Bonchev–Trinajstić information content (AvgIpc) is 3.16. The van der Waals surface area contributed by atoms with E-state index in [0.29, 0.717) is 23.1 Å². The summed E-state index contributed by atoms with van der Waals surface area (Å²) in [5.74, 6) is 0.287. The summed E-state index contributed by atoms with van der Waals surface area (Å²) in [7, 11) is 0. The molecule has 4 aromatic rings. The van der Waals surface area contributed by atoms with Crippen LogP contribution in [0.15, 0.2) is 75.2 Å². The van der Waals surface area contributed by atoms with Crippen LogP contribution < -0.4 is 5.56 Å². The van der Waals surface area contributed by atoms with Crippen molar-refractivity contribution in [2.75, 3.05) is 0 Å². The second-order valence-electron chi connectivity index (χ2n) is 6.18. The summed E-state index contributed by atoms with van der Waals surface area (Å²) >= 11 is 3.39. The molecule has 0 saturated heterocycles. The highest BCUT2D eigenvalue weighted by atomic mass is 79.9. The third-order valence-corrected chi connectivity index (χ3v) is 4.88. The Kier molecular flexibility index (Phi) is 4.92. The van der Waals surface area contributed by atoms with Crippen LogP contribution in [0.3, 0.4) is 0 Å². The Morgan fingerprint density at radius 2 is 1.96 bits per heavy atom. The van der Waals surface area contributed by atoms with E-state index in [9.17, 15) is 9.18 Å². The Labute approximate surface area is 168 Å². The Morgan fingerprint density at radius 1 is 1.18 bits per heavy atom. The molecule has 7 heteroatoms. The van der Waals surface area contributed by atoms with Crippen LogP contribution in [0.2, 0.25) is 0 Å². The molecule has 0 bridgehead atoms. The number of aromatic nitrogens is 3. The molecule has 0 radical (unpaired) electrons. The van der Waals surface area contributed by atoms with Crippen molar-refractivity contribution >= 4 is 33.0 Å². The number of hydrogen-bond acceptors (Lipinski definition) is 3. The molecule has 0 atom stereocenters. The van der Waals surface area contributed by atoms with Gasteiger partial charge in [0.15, 0.2) is 0 Å². The largest absolute Gasteiger partial charge is 0.316 e. The molecule has 0 spiro atoms. The average molecular weight is 439 g/mol. The first-order chi connectivity index (χ1) is 13.6. The van der Waals surface area contributed by atoms with Crippen molar-refractivity contribution in [2.45, 2.75) is 13.3 Å². The van der Waals surface area contributed by atoms with Gasteiger partial charge in [0.25, 0.3) is 5.56 Å². The minimum Gasteiger partial charge on any atom is -0.316 e. The fourth-order valence-electron chi connectivity index (χ4n) is 3.00. The molecule has 140 valence electrons. The normalized spacial score (nSPS) is 11.5. The number of hydrogen-bond donors (Lipinski definition) is 0. The first-order valence-corrected chi connectivity index (χ1v) is 9.55. The molecule has 0 N–H and O–H groups in total. The quantitative estimate of drug-likeness (QED) is 0.439. The smallest absolute Gasteiger partial charge is 0.282 e. The van der Waals surface area contributed by atoms with E-state index in [0.717, 1.165) is 15.9 Å². The summed E-state index contributed by atoms with van der Waals surface area (Å²) < 4.78 is 17.2. The van der Waals surface area contributed by atoms with Crippen molar-refractivity contribution in [2.24, 2.45) is 5.10 Å². The van der Waals surface area contributed by atoms with E-state index in [-0.39, 0.29) is 11.4 Å². The van der Waals surface area contributed by atoms with Crippen LogP contribution >= 0.6 is 15.9 Å². The van der Waals surface area contributed by atoms with E-state index < -0.39 is 0 Å². The maximum absolute atomic E-state index is 13.2. The van der Waals surface area contributed by atoms with Crippen molar-refractivity contribution in [1.29, 1.82) is 0 Å². The molecule has 2 aromatic carbocycles. The summed E-state index contributed by atoms with van der Waals surface area (Å²) in [5.41, 5.74) is 1.98. The highest BCUT2D eigenvalue weighted by Gasteiger charge is 2.10. The van der Waals surface area contributed by atoms with Crippen LogP contribution in [0.1, 0.15) is 18.4 Å². The molecule has 28 heavy (non-hydrogen) atoms. The second-order valence-corrected chi connectivity index (χ2v) is 7.10. The Morgan fingerprint density at radius 3 is 2.71 bits per heavy atom. The summed E-state index contributed by atoms with van der Waals surface area (Å²) in [6.07, 6.45) is 4.03. The van der Waals surface area contributed by atoms with Gasteiger partial charge in [-0.3, -0.25) is 4.79 Å². The van der Waals surface area contributed by atoms with Gasteiger partial charge in [-0.05, 0) is 54.6 Å². The first kappa shape index (κ1) is 18.3. The van der Waals surface area contributed by atoms with Crippen LogP contribution in [-0.2, 0) is 6.42 Å². The molecule has 0 fully saturated rings. The lowest BCUT2D eigenvalue weighted by Crippen LogP contribution is -2.22. The van der Waals surface area contributed by atoms with Gasteiger partial charge < -0.3 is 4.57 Å². The Balaban J connectivity index is 1.80. The molecule has 0 aliphatic rings. The van der Waals surface area contributed by atoms with Crippen LogP contribution in [0.4, 0.5) is 4.39 Å². The second kappa shape index (κ2) is 7.52. The third kappa shape index (κ3) is 3.41. The van der Waals surface area contributed by atoms with Gasteiger partial charge in [-0.15, -0.1) is 0 Å². The van der Waals surface area contributed by atoms with E-state index in [2.05, 4.69) is 26.0 Å². The minimum atomic E-state index is -0.293. The fourth-order valence-corrected chi connectivity index (χ4v) is 3.36. The van der Waals surface area contributed by atoms with Gasteiger partial charge in [-0.25, -0.2) is 9.37 Å². The van der Waals surface area contributed by atoms with Crippen LogP contribution in [0.25, 0.3) is 16.6 Å². The fraction of sp³-hybridized carbons (Fsp3) is 0.0952. The summed E-state index contributed by atoms with van der Waals surface area (Å²) in [6, 6.07) is 15.3. The van der Waals surface area contributed by atoms with Crippen molar-refractivity contribution < 1.29 is 4.39 Å². The standard InChI is InChI=1S/C21H16BrFN4O/c1-2-20-25-19-10-5-14(22)12-18(19)21(28)27(20)24-13-17-4-3-11-26(17)16-8-6-15(23)7-9-16/h3-13H,2H2,1H3. The SMILES string of the molecule is CCc1nc2ccc(Br)cc2c(=O)n1N=Cc1cccn1-c1ccc(F)cc1. The van der Waals surface area contributed by atoms with E-state index >= 15 is 0 Å². The highest BCUT2D eigenvalue weighted by molar-refractivity contribution is 9.10. The number of halogens is 2. The van der Waals surface area contributed by atoms with Gasteiger partial charge in [0.2, 0.25) is 0 Å². The number of benzene rings is 2. The van der Waals surface area contributed by atoms with Gasteiger partial charge in [-0.2, -0.15) is 9.78 Å². The van der Waals surface area contributed by atoms with E-state index in [1.807, 2.05) is 42.0 Å². The molecule has 4 rings (SSSR count). The molecule has 0 saturated carbocycles. The number of fused-ring (bicyclic) bond motifs is 1. The van der Waals surface area contributed by atoms with Gasteiger partial charge in [-0.1, -0.05) is 22.9 Å². The topological polar surface area (TPSA) is 52.2 Å². The molecule has 0 amide bonds. The number of rotatable bonds is 4. The zero-order valence-corrected chi connectivity index (χ0v) is 16.6. The monoisotopic (exact) mass is 438 g/mol. The highest BCUT2D eigenvalue weighted by Crippen LogP contribution is 2.16. The Hall–Kier alpha value is -3.06. The predicted molar refractivity (Wildman–Crippen MR) is 112 cm³/mol. The van der Waals surface area contributed by atoms with Crippen molar-refractivity contribution in [3.63, 3.8) is 0 Å². The molecule has 5 nitrogen and oxygen atoms in total. The van der Waals surface area contributed by atoms with Gasteiger partial charge >= 0.3 is 0 Å². The summed E-state index contributed by atoms with van der Waals surface area (Å²) in [5, 5.41) is 4.91. The third-order valence-electron chi connectivity index (χ3n) is 4.38.